The fourth-order valence-corrected chi connectivity index (χ4v) is 7.40. The van der Waals surface area contributed by atoms with Crippen LogP contribution in [0, 0.1) is 23.2 Å². The highest BCUT2D eigenvalue weighted by Gasteiger charge is 2.50. The maximum absolute atomic E-state index is 12.9. The van der Waals surface area contributed by atoms with Crippen LogP contribution in [0.4, 0.5) is 0 Å². The van der Waals surface area contributed by atoms with Crippen molar-refractivity contribution in [3.05, 3.63) is 34.3 Å². The predicted octanol–water partition coefficient (Wildman–Crippen LogP) is 5.27. The van der Waals surface area contributed by atoms with E-state index in [4.69, 9.17) is 20.6 Å². The van der Waals surface area contributed by atoms with Crippen molar-refractivity contribution in [2.45, 2.75) is 44.7 Å². The fraction of sp³-hybridized carbons (Fsp3) is 0.667. The maximum atomic E-state index is 12.9. The van der Waals surface area contributed by atoms with Gasteiger partial charge in [-0.05, 0) is 79.4 Å². The molecule has 1 aromatic rings. The molecule has 0 atom stereocenters. The van der Waals surface area contributed by atoms with Gasteiger partial charge < -0.3 is 14.4 Å². The minimum atomic E-state index is -3.20. The molecule has 0 heterocycles. The molecule has 0 aromatic heterocycles. The predicted molar refractivity (Wildman–Crippen MR) is 110 cm³/mol. The molecule has 7 heteroatoms. The van der Waals surface area contributed by atoms with Crippen LogP contribution in [-0.2, 0) is 19.8 Å². The van der Waals surface area contributed by atoms with Crippen molar-refractivity contribution in [3.8, 4) is 0 Å². The number of halogens is 1. The van der Waals surface area contributed by atoms with Crippen molar-refractivity contribution in [2.24, 2.45) is 23.2 Å². The van der Waals surface area contributed by atoms with Gasteiger partial charge in [0.05, 0.1) is 16.7 Å². The Kier molecular flexibility index (Phi) is 5.65. The van der Waals surface area contributed by atoms with E-state index in [1.807, 2.05) is 0 Å². The maximum Gasteiger partial charge on any atom is 0.334 e. The minimum Gasteiger partial charge on any atom is -0.351 e. The molecule has 0 saturated heterocycles. The first-order chi connectivity index (χ1) is 13.3. The van der Waals surface area contributed by atoms with Crippen molar-refractivity contribution in [2.75, 3.05) is 20.8 Å². The normalized spacial score (nSPS) is 31.2. The summed E-state index contributed by atoms with van der Waals surface area (Å²) in [5, 5.41) is 3.56. The molecule has 154 valence electrons. The van der Waals surface area contributed by atoms with E-state index < -0.39 is 7.60 Å². The first kappa shape index (κ1) is 20.4. The van der Waals surface area contributed by atoms with Gasteiger partial charge in [-0.25, -0.2) is 0 Å². The molecular weight excluding hydrogens is 397 g/mol. The number of carbonyl (C=O) groups excluding carboxylic acids is 1. The van der Waals surface area contributed by atoms with Crippen LogP contribution in [0.25, 0.3) is 0 Å². The summed E-state index contributed by atoms with van der Waals surface area (Å²) in [5.74, 6) is 2.40. The summed E-state index contributed by atoms with van der Waals surface area (Å²) in [6, 6.07) is 5.12. The molecule has 4 aliphatic rings. The van der Waals surface area contributed by atoms with E-state index in [0.717, 1.165) is 24.3 Å². The van der Waals surface area contributed by atoms with Crippen LogP contribution in [-0.4, -0.2) is 26.7 Å². The van der Waals surface area contributed by atoms with Gasteiger partial charge in [-0.15, -0.1) is 0 Å². The van der Waals surface area contributed by atoms with E-state index >= 15 is 0 Å². The lowest BCUT2D eigenvalue weighted by molar-refractivity contribution is -0.0503. The van der Waals surface area contributed by atoms with Gasteiger partial charge in [-0.1, -0.05) is 17.7 Å². The average molecular weight is 426 g/mol. The van der Waals surface area contributed by atoms with Crippen LogP contribution in [0.5, 0.6) is 0 Å². The summed E-state index contributed by atoms with van der Waals surface area (Å²) in [6.07, 6.45) is 8.01. The van der Waals surface area contributed by atoms with Gasteiger partial charge in [0.25, 0.3) is 5.91 Å². The molecule has 1 amide bonds. The summed E-state index contributed by atoms with van der Waals surface area (Å²) >= 11 is 6.29. The van der Waals surface area contributed by atoms with Gasteiger partial charge in [-0.3, -0.25) is 9.36 Å². The van der Waals surface area contributed by atoms with Crippen molar-refractivity contribution >= 4 is 25.1 Å². The number of carbonyl (C=O) groups is 1. The lowest BCUT2D eigenvalue weighted by atomic mass is 9.49. The number of amides is 1. The zero-order valence-electron chi connectivity index (χ0n) is 16.6. The van der Waals surface area contributed by atoms with E-state index in [1.165, 1.54) is 52.7 Å². The first-order valence-electron chi connectivity index (χ1n) is 10.1. The van der Waals surface area contributed by atoms with Crippen molar-refractivity contribution in [3.63, 3.8) is 0 Å². The second kappa shape index (κ2) is 7.75. The Hall–Kier alpha value is -0.870. The van der Waals surface area contributed by atoms with Crippen LogP contribution in [0.1, 0.15) is 54.4 Å². The Morgan fingerprint density at radius 2 is 1.71 bits per heavy atom. The summed E-state index contributed by atoms with van der Waals surface area (Å²) in [7, 11) is -0.477. The summed E-state index contributed by atoms with van der Waals surface area (Å²) in [5.41, 5.74) is 1.40. The fourth-order valence-electron chi connectivity index (χ4n) is 6.14. The average Bonchev–Trinajstić information content (AvgIpc) is 2.66. The number of nitrogens with one attached hydrogen (secondary N) is 1. The third kappa shape index (κ3) is 4.05. The molecule has 5 rings (SSSR count). The van der Waals surface area contributed by atoms with Gasteiger partial charge in [0.15, 0.2) is 0 Å². The van der Waals surface area contributed by atoms with Crippen molar-refractivity contribution in [1.29, 1.82) is 0 Å². The lowest BCUT2D eigenvalue weighted by Gasteiger charge is -2.56. The molecular formula is C21H29ClNO4P. The van der Waals surface area contributed by atoms with E-state index in [0.29, 0.717) is 16.1 Å². The minimum absolute atomic E-state index is 0.104. The molecule has 4 aliphatic carbocycles. The van der Waals surface area contributed by atoms with Crippen LogP contribution in [0.15, 0.2) is 18.2 Å². The molecule has 4 saturated carbocycles. The van der Waals surface area contributed by atoms with E-state index in [2.05, 4.69) is 5.32 Å². The highest BCUT2D eigenvalue weighted by atomic mass is 35.5. The molecule has 5 nitrogen and oxygen atoms in total. The third-order valence-corrected chi connectivity index (χ3v) is 9.19. The van der Waals surface area contributed by atoms with Gasteiger partial charge in [-0.2, -0.15) is 0 Å². The molecule has 0 unspecified atom stereocenters. The number of rotatable bonds is 7. The van der Waals surface area contributed by atoms with E-state index in [-0.39, 0.29) is 17.5 Å². The summed E-state index contributed by atoms with van der Waals surface area (Å²) < 4.78 is 22.4. The lowest BCUT2D eigenvalue weighted by Crippen LogP contribution is -2.51. The van der Waals surface area contributed by atoms with Crippen LogP contribution in [0.2, 0.25) is 5.02 Å². The zero-order chi connectivity index (χ0) is 19.9. The Bertz CT molecular complexity index is 768. The van der Waals surface area contributed by atoms with Gasteiger partial charge in [0.2, 0.25) is 0 Å². The Morgan fingerprint density at radius 1 is 1.14 bits per heavy atom. The van der Waals surface area contributed by atoms with Crippen molar-refractivity contribution < 1.29 is 18.4 Å². The van der Waals surface area contributed by atoms with Gasteiger partial charge in [0.1, 0.15) is 0 Å². The van der Waals surface area contributed by atoms with Gasteiger partial charge in [0, 0.05) is 20.8 Å². The SMILES string of the molecule is COP(=O)(Cc1ccc(Cl)c(C(=O)NCC23CC4CC(CC(C4)C2)C3)c1)OC. The molecule has 4 fully saturated rings. The molecule has 0 spiro atoms. The van der Waals surface area contributed by atoms with Crippen LogP contribution >= 0.6 is 19.2 Å². The Labute approximate surface area is 172 Å². The first-order valence-corrected chi connectivity index (χ1v) is 12.2. The largest absolute Gasteiger partial charge is 0.351 e. The molecule has 0 radical (unpaired) electrons. The quantitative estimate of drug-likeness (QED) is 0.604. The monoisotopic (exact) mass is 425 g/mol. The number of hydrogen-bond donors (Lipinski definition) is 1. The van der Waals surface area contributed by atoms with E-state index in [9.17, 15) is 9.36 Å². The molecule has 28 heavy (non-hydrogen) atoms. The molecule has 1 N–H and O–H groups in total. The van der Waals surface area contributed by atoms with Crippen molar-refractivity contribution in [1.82, 2.24) is 5.32 Å². The number of hydrogen-bond acceptors (Lipinski definition) is 4. The standard InChI is InChI=1S/C21H29ClNO4P/c1-26-28(25,27-2)12-14-3-4-19(22)18(8-14)20(24)23-13-21-9-15-5-16(10-21)7-17(6-15)11-21/h3-4,8,15-17H,5-7,9-13H2,1-2H3,(H,23,24). The number of benzene rings is 1. The Balaban J connectivity index is 1.45. The van der Waals surface area contributed by atoms with Crippen LogP contribution < -0.4 is 5.32 Å². The zero-order valence-corrected chi connectivity index (χ0v) is 18.2. The summed E-state index contributed by atoms with van der Waals surface area (Å²) in [6.45, 7) is 0.727. The van der Waals surface area contributed by atoms with E-state index in [1.54, 1.807) is 18.2 Å². The van der Waals surface area contributed by atoms with Crippen LogP contribution in [0.3, 0.4) is 0 Å². The van der Waals surface area contributed by atoms with Gasteiger partial charge >= 0.3 is 7.60 Å². The highest BCUT2D eigenvalue weighted by molar-refractivity contribution is 7.52. The second-order valence-electron chi connectivity index (χ2n) is 9.05. The molecule has 0 aliphatic heterocycles. The third-order valence-electron chi connectivity index (χ3n) is 7.00. The second-order valence-corrected chi connectivity index (χ2v) is 11.7. The smallest absolute Gasteiger partial charge is 0.334 e. The molecule has 4 bridgehead atoms. The summed E-state index contributed by atoms with van der Waals surface area (Å²) in [4.78, 5) is 12.9. The highest BCUT2D eigenvalue weighted by Crippen LogP contribution is 2.59. The topological polar surface area (TPSA) is 64.6 Å². The molecule has 1 aromatic carbocycles. The Morgan fingerprint density at radius 3 is 2.25 bits per heavy atom.